The molecule has 0 saturated carbocycles. The molecule has 0 radical (unpaired) electrons. The molecule has 2 heterocycles. The highest BCUT2D eigenvalue weighted by molar-refractivity contribution is 6.27. The van der Waals surface area contributed by atoms with Crippen LogP contribution >= 0.6 is 0 Å². The SMILES string of the molecule is CC1(C)c2ccccc2-c2ccc(N(c3ccc(-c4ccccc4)cc3)c3ccc(-c4cc(-c5ccc(-c6ccccc6)cc5)cc5c4oc4ccc6oc7ccccc7c6c45)cc3)cc21. The van der Waals surface area contributed by atoms with Gasteiger partial charge in [-0.25, -0.2) is 0 Å². The zero-order valence-electron chi connectivity index (χ0n) is 36.6. The first-order valence-electron chi connectivity index (χ1n) is 22.7. The smallest absolute Gasteiger partial charge is 0.143 e. The van der Waals surface area contributed by atoms with Gasteiger partial charge in [-0.1, -0.05) is 172 Å². The van der Waals surface area contributed by atoms with Crippen molar-refractivity contribution in [3.05, 3.63) is 236 Å². The molecule has 312 valence electrons. The number of benzene rings is 10. The van der Waals surface area contributed by atoms with E-state index in [2.05, 4.69) is 225 Å². The van der Waals surface area contributed by atoms with Crippen molar-refractivity contribution < 1.29 is 8.83 Å². The van der Waals surface area contributed by atoms with Crippen molar-refractivity contribution in [3.63, 3.8) is 0 Å². The Morgan fingerprint density at radius 1 is 0.318 bits per heavy atom. The molecule has 0 saturated heterocycles. The summed E-state index contributed by atoms with van der Waals surface area (Å²) in [7, 11) is 0. The van der Waals surface area contributed by atoms with E-state index in [1.165, 1.54) is 44.5 Å². The monoisotopic (exact) mass is 845 g/mol. The lowest BCUT2D eigenvalue weighted by atomic mass is 9.82. The quantitative estimate of drug-likeness (QED) is 0.160. The lowest BCUT2D eigenvalue weighted by Crippen LogP contribution is -2.16. The molecule has 0 fully saturated rings. The normalized spacial score (nSPS) is 12.8. The summed E-state index contributed by atoms with van der Waals surface area (Å²) < 4.78 is 13.3. The Hall–Kier alpha value is -8.40. The Bertz CT molecular complexity index is 3800. The van der Waals surface area contributed by atoms with E-state index in [0.29, 0.717) is 0 Å². The van der Waals surface area contributed by atoms with Gasteiger partial charge in [0.2, 0.25) is 0 Å². The van der Waals surface area contributed by atoms with Crippen LogP contribution in [0.5, 0.6) is 0 Å². The van der Waals surface area contributed by atoms with Crippen molar-refractivity contribution >= 4 is 60.9 Å². The summed E-state index contributed by atoms with van der Waals surface area (Å²) in [4.78, 5) is 2.39. The van der Waals surface area contributed by atoms with Crippen LogP contribution in [0.4, 0.5) is 17.1 Å². The number of rotatable bonds is 7. The van der Waals surface area contributed by atoms with E-state index in [1.807, 2.05) is 18.2 Å². The molecule has 1 aliphatic carbocycles. The third kappa shape index (κ3) is 6.04. The Kier molecular flexibility index (Phi) is 8.56. The Balaban J connectivity index is 0.973. The number of hydrogen-bond acceptors (Lipinski definition) is 3. The van der Waals surface area contributed by atoms with Crippen LogP contribution in [0.3, 0.4) is 0 Å². The van der Waals surface area contributed by atoms with Gasteiger partial charge in [0.05, 0.1) is 0 Å². The van der Waals surface area contributed by atoms with E-state index in [-0.39, 0.29) is 5.41 Å². The van der Waals surface area contributed by atoms with Crippen molar-refractivity contribution in [3.8, 4) is 55.6 Å². The molecule has 0 unspecified atom stereocenters. The standard InChI is InChI=1S/C63H43NO2/c1-63(2)55-19-11-9-17-50(55)51-34-33-49(39-56(51)63)64(47-29-25-43(26-30-47)41-15-7-4-8-16-41)48-31-27-45(28-32-48)53-37-46(44-23-21-42(22-24-44)40-13-5-3-6-14-40)38-54-61-59(66-62(53)54)36-35-58-60(61)52-18-10-12-20-57(52)65-58/h3-39H,1-2H3. The summed E-state index contributed by atoms with van der Waals surface area (Å²) in [5.41, 5.74) is 21.0. The lowest BCUT2D eigenvalue weighted by Gasteiger charge is -2.28. The topological polar surface area (TPSA) is 29.5 Å². The van der Waals surface area contributed by atoms with Gasteiger partial charge < -0.3 is 13.7 Å². The van der Waals surface area contributed by atoms with Gasteiger partial charge in [-0.15, -0.1) is 0 Å². The van der Waals surface area contributed by atoms with Crippen molar-refractivity contribution in [1.29, 1.82) is 0 Å². The fraction of sp³-hybridized carbons (Fsp3) is 0.0476. The second-order valence-corrected chi connectivity index (χ2v) is 18.1. The highest BCUT2D eigenvalue weighted by Crippen LogP contribution is 2.51. The molecule has 12 aromatic rings. The second-order valence-electron chi connectivity index (χ2n) is 18.1. The van der Waals surface area contributed by atoms with Crippen molar-refractivity contribution in [2.75, 3.05) is 4.90 Å². The van der Waals surface area contributed by atoms with Crippen molar-refractivity contribution in [1.82, 2.24) is 0 Å². The molecule has 66 heavy (non-hydrogen) atoms. The number of nitrogens with zero attached hydrogens (tertiary/aromatic N) is 1. The fourth-order valence-corrected chi connectivity index (χ4v) is 10.6. The molecule has 0 aliphatic heterocycles. The Morgan fingerprint density at radius 3 is 1.50 bits per heavy atom. The van der Waals surface area contributed by atoms with Gasteiger partial charge in [0, 0.05) is 49.6 Å². The molecule has 0 spiro atoms. The zero-order chi connectivity index (χ0) is 43.9. The minimum atomic E-state index is -0.131. The molecule has 0 atom stereocenters. The molecule has 13 rings (SSSR count). The number of anilines is 3. The zero-order valence-corrected chi connectivity index (χ0v) is 36.6. The van der Waals surface area contributed by atoms with Crippen LogP contribution < -0.4 is 4.90 Å². The van der Waals surface area contributed by atoms with Gasteiger partial charge in [0.25, 0.3) is 0 Å². The van der Waals surface area contributed by atoms with Crippen molar-refractivity contribution in [2.24, 2.45) is 0 Å². The van der Waals surface area contributed by atoms with E-state index in [4.69, 9.17) is 8.83 Å². The predicted octanol–water partition coefficient (Wildman–Crippen LogP) is 17.9. The number of para-hydroxylation sites is 1. The Morgan fingerprint density at radius 2 is 0.818 bits per heavy atom. The number of hydrogen-bond donors (Lipinski definition) is 0. The first-order valence-corrected chi connectivity index (χ1v) is 22.7. The maximum atomic E-state index is 6.93. The average molecular weight is 846 g/mol. The average Bonchev–Trinajstić information content (AvgIpc) is 4.02. The maximum absolute atomic E-state index is 6.93. The summed E-state index contributed by atoms with van der Waals surface area (Å²) in [6.45, 7) is 4.69. The number of fused-ring (bicyclic) bond motifs is 10. The second kappa shape index (κ2) is 14.8. The van der Waals surface area contributed by atoms with E-state index in [9.17, 15) is 0 Å². The third-order valence-electron chi connectivity index (χ3n) is 13.9. The van der Waals surface area contributed by atoms with Crippen LogP contribution in [0.2, 0.25) is 0 Å². The van der Waals surface area contributed by atoms with Crippen LogP contribution in [0, 0.1) is 0 Å². The van der Waals surface area contributed by atoms with Crippen LogP contribution in [-0.2, 0) is 5.41 Å². The lowest BCUT2D eigenvalue weighted by molar-refractivity contribution is 0.660. The van der Waals surface area contributed by atoms with Gasteiger partial charge >= 0.3 is 0 Å². The van der Waals surface area contributed by atoms with Gasteiger partial charge in [0.15, 0.2) is 0 Å². The maximum Gasteiger partial charge on any atom is 0.143 e. The third-order valence-corrected chi connectivity index (χ3v) is 13.9. The van der Waals surface area contributed by atoms with Gasteiger partial charge in [-0.3, -0.25) is 0 Å². The number of furan rings is 2. The summed E-state index contributed by atoms with van der Waals surface area (Å²) >= 11 is 0. The summed E-state index contributed by atoms with van der Waals surface area (Å²) in [6.07, 6.45) is 0. The van der Waals surface area contributed by atoms with Gasteiger partial charge in [-0.2, -0.15) is 0 Å². The molecule has 0 bridgehead atoms. The minimum Gasteiger partial charge on any atom is -0.456 e. The highest BCUT2D eigenvalue weighted by atomic mass is 16.3. The first kappa shape index (κ1) is 38.1. The van der Waals surface area contributed by atoms with E-state index in [0.717, 1.165) is 83.2 Å². The van der Waals surface area contributed by atoms with Crippen molar-refractivity contribution in [2.45, 2.75) is 19.3 Å². The summed E-state index contributed by atoms with van der Waals surface area (Å²) in [5, 5.41) is 4.29. The van der Waals surface area contributed by atoms with Crippen LogP contribution in [0.25, 0.3) is 99.5 Å². The van der Waals surface area contributed by atoms with Gasteiger partial charge in [-0.05, 0) is 128 Å². The molecule has 2 aromatic heterocycles. The summed E-state index contributed by atoms with van der Waals surface area (Å²) in [6, 6.07) is 80.8. The fourth-order valence-electron chi connectivity index (χ4n) is 10.6. The molecule has 3 nitrogen and oxygen atoms in total. The molecular weight excluding hydrogens is 803 g/mol. The largest absolute Gasteiger partial charge is 0.456 e. The minimum absolute atomic E-state index is 0.131. The predicted molar refractivity (Wildman–Crippen MR) is 275 cm³/mol. The van der Waals surface area contributed by atoms with E-state index < -0.39 is 0 Å². The van der Waals surface area contributed by atoms with Gasteiger partial charge in [0.1, 0.15) is 22.3 Å². The first-order chi connectivity index (χ1) is 32.5. The van der Waals surface area contributed by atoms with Crippen LogP contribution in [0.1, 0.15) is 25.0 Å². The van der Waals surface area contributed by atoms with E-state index in [1.54, 1.807) is 0 Å². The van der Waals surface area contributed by atoms with E-state index >= 15 is 0 Å². The molecule has 3 heteroatoms. The molecule has 1 aliphatic rings. The summed E-state index contributed by atoms with van der Waals surface area (Å²) in [5.74, 6) is 0. The van der Waals surface area contributed by atoms with Crippen LogP contribution in [0.15, 0.2) is 233 Å². The molecule has 0 N–H and O–H groups in total. The molecule has 0 amide bonds. The molecule has 10 aromatic carbocycles. The molecular formula is C63H43NO2. The highest BCUT2D eigenvalue weighted by Gasteiger charge is 2.35. The Labute approximate surface area is 383 Å². The van der Waals surface area contributed by atoms with Crippen LogP contribution in [-0.4, -0.2) is 0 Å².